The van der Waals surface area contributed by atoms with Crippen LogP contribution in [0.25, 0.3) is 16.9 Å². The molecule has 1 aliphatic heterocycles. The maximum Gasteiger partial charge on any atom is 0.573 e. The summed E-state index contributed by atoms with van der Waals surface area (Å²) in [5.74, 6) is -1.41. The zero-order valence-electron chi connectivity index (χ0n) is 14.9. The Morgan fingerprint density at radius 2 is 1.72 bits per heavy atom. The molecule has 150 valence electrons. The standard InChI is InChI=1S/C19H13F5N4O/c1-11-26-16-8-14(20)15(21)9-17(16)28(11)18-10-25-6-7-27(18)12-2-4-13(5-3-12)29-19(22,23)24/h2-6,8-10H,7H2,1H3. The molecule has 5 nitrogen and oxygen atoms in total. The van der Waals surface area contributed by atoms with E-state index in [-0.39, 0.29) is 11.3 Å². The molecule has 0 N–H and O–H groups in total. The molecule has 0 saturated carbocycles. The van der Waals surface area contributed by atoms with Crippen molar-refractivity contribution < 1.29 is 26.7 Å². The van der Waals surface area contributed by atoms with Crippen molar-refractivity contribution in [2.24, 2.45) is 4.99 Å². The molecule has 10 heteroatoms. The van der Waals surface area contributed by atoms with Crippen molar-refractivity contribution >= 4 is 28.8 Å². The highest BCUT2D eigenvalue weighted by atomic mass is 19.4. The Morgan fingerprint density at radius 3 is 2.41 bits per heavy atom. The third-order valence-electron chi connectivity index (χ3n) is 4.31. The molecular formula is C19H13F5N4O. The predicted molar refractivity (Wildman–Crippen MR) is 97.6 cm³/mol. The van der Waals surface area contributed by atoms with E-state index in [1.807, 2.05) is 0 Å². The molecule has 0 saturated heterocycles. The number of hydrogen-bond acceptors (Lipinski definition) is 4. The highest BCUT2D eigenvalue weighted by Gasteiger charge is 2.31. The Bertz CT molecular complexity index is 1130. The Morgan fingerprint density at radius 1 is 1.03 bits per heavy atom. The van der Waals surface area contributed by atoms with Crippen LogP contribution in [0.4, 0.5) is 27.6 Å². The normalized spacial score (nSPS) is 14.4. The van der Waals surface area contributed by atoms with Gasteiger partial charge < -0.3 is 9.64 Å². The summed E-state index contributed by atoms with van der Waals surface area (Å²) < 4.78 is 70.0. The van der Waals surface area contributed by atoms with Gasteiger partial charge in [0.1, 0.15) is 17.4 Å². The number of aliphatic imine (C=N–C) groups is 1. The van der Waals surface area contributed by atoms with Gasteiger partial charge in [-0.3, -0.25) is 9.56 Å². The molecule has 4 rings (SSSR count). The molecule has 0 amide bonds. The molecule has 1 aromatic heterocycles. The van der Waals surface area contributed by atoms with Crippen LogP contribution >= 0.6 is 0 Å². The number of nitrogens with zero attached hydrogens (tertiary/aromatic N) is 4. The third kappa shape index (κ3) is 3.65. The smallest absolute Gasteiger partial charge is 0.406 e. The van der Waals surface area contributed by atoms with Gasteiger partial charge in [0.25, 0.3) is 0 Å². The van der Waals surface area contributed by atoms with E-state index in [1.54, 1.807) is 22.6 Å². The Kier molecular flexibility index (Phi) is 4.48. The van der Waals surface area contributed by atoms with Crippen LogP contribution in [-0.4, -0.2) is 28.7 Å². The first-order valence-electron chi connectivity index (χ1n) is 8.42. The van der Waals surface area contributed by atoms with Crippen LogP contribution < -0.4 is 9.64 Å². The number of rotatable bonds is 3. The molecular weight excluding hydrogens is 395 g/mol. The predicted octanol–water partition coefficient (Wildman–Crippen LogP) is 4.87. The van der Waals surface area contributed by atoms with Crippen LogP contribution in [0, 0.1) is 18.6 Å². The number of imidazole rings is 1. The van der Waals surface area contributed by atoms with E-state index in [1.165, 1.54) is 30.5 Å². The highest BCUT2D eigenvalue weighted by molar-refractivity contribution is 5.87. The second-order valence-electron chi connectivity index (χ2n) is 6.22. The number of halogens is 5. The number of aryl methyl sites for hydroxylation is 1. The highest BCUT2D eigenvalue weighted by Crippen LogP contribution is 2.31. The SMILES string of the molecule is Cc1nc2cc(F)c(F)cc2n1C1=CN=CCN1c1ccc(OC(F)(F)F)cc1. The van der Waals surface area contributed by atoms with E-state index >= 15 is 0 Å². The average molecular weight is 408 g/mol. The van der Waals surface area contributed by atoms with Crippen LogP contribution in [-0.2, 0) is 0 Å². The molecule has 0 spiro atoms. The van der Waals surface area contributed by atoms with Gasteiger partial charge in [0.15, 0.2) is 11.6 Å². The monoisotopic (exact) mass is 408 g/mol. The molecule has 29 heavy (non-hydrogen) atoms. The zero-order valence-corrected chi connectivity index (χ0v) is 14.9. The van der Waals surface area contributed by atoms with Gasteiger partial charge in [-0.2, -0.15) is 0 Å². The van der Waals surface area contributed by atoms with Gasteiger partial charge in [-0.1, -0.05) is 0 Å². The summed E-state index contributed by atoms with van der Waals surface area (Å²) in [6, 6.07) is 7.36. The van der Waals surface area contributed by atoms with Crippen molar-refractivity contribution in [1.82, 2.24) is 9.55 Å². The van der Waals surface area contributed by atoms with Crippen molar-refractivity contribution in [1.29, 1.82) is 0 Å². The van der Waals surface area contributed by atoms with Crippen LogP contribution in [0.2, 0.25) is 0 Å². The summed E-state index contributed by atoms with van der Waals surface area (Å²) in [7, 11) is 0. The molecule has 0 fully saturated rings. The summed E-state index contributed by atoms with van der Waals surface area (Å²) in [5.41, 5.74) is 1.17. The fourth-order valence-electron chi connectivity index (χ4n) is 3.14. The number of fused-ring (bicyclic) bond motifs is 1. The first-order valence-corrected chi connectivity index (χ1v) is 8.42. The molecule has 2 aromatic carbocycles. The Labute approximate surface area is 161 Å². The van der Waals surface area contributed by atoms with Crippen LogP contribution in [0.5, 0.6) is 5.75 Å². The molecule has 0 radical (unpaired) electrons. The Hall–Kier alpha value is -3.43. The van der Waals surface area contributed by atoms with Crippen LogP contribution in [0.3, 0.4) is 0 Å². The lowest BCUT2D eigenvalue weighted by molar-refractivity contribution is -0.274. The first-order chi connectivity index (χ1) is 13.7. The van der Waals surface area contributed by atoms with Gasteiger partial charge in [-0.25, -0.2) is 13.8 Å². The average Bonchev–Trinajstić information content (AvgIpc) is 2.96. The fraction of sp³-hybridized carbons (Fsp3) is 0.158. The molecule has 0 aliphatic carbocycles. The van der Waals surface area contributed by atoms with Gasteiger partial charge >= 0.3 is 6.36 Å². The van der Waals surface area contributed by atoms with Crippen molar-refractivity contribution in [3.8, 4) is 5.75 Å². The summed E-state index contributed by atoms with van der Waals surface area (Å²) in [4.78, 5) is 10.1. The molecule has 2 heterocycles. The maximum atomic E-state index is 13.8. The summed E-state index contributed by atoms with van der Waals surface area (Å²) >= 11 is 0. The molecule has 0 atom stereocenters. The van der Waals surface area contributed by atoms with Gasteiger partial charge in [0, 0.05) is 24.0 Å². The lowest BCUT2D eigenvalue weighted by atomic mass is 10.2. The van der Waals surface area contributed by atoms with E-state index < -0.39 is 18.0 Å². The van der Waals surface area contributed by atoms with Crippen molar-refractivity contribution in [2.45, 2.75) is 13.3 Å². The topological polar surface area (TPSA) is 42.7 Å². The number of alkyl halides is 3. The van der Waals surface area contributed by atoms with Gasteiger partial charge in [0.2, 0.25) is 0 Å². The molecule has 0 bridgehead atoms. The maximum absolute atomic E-state index is 13.8. The minimum Gasteiger partial charge on any atom is -0.406 e. The number of aromatic nitrogens is 2. The molecule has 1 aliphatic rings. The van der Waals surface area contributed by atoms with Crippen molar-refractivity contribution in [3.05, 3.63) is 60.1 Å². The van der Waals surface area contributed by atoms with Gasteiger partial charge in [-0.05, 0) is 31.2 Å². The second kappa shape index (κ2) is 6.87. The van der Waals surface area contributed by atoms with E-state index in [0.29, 0.717) is 29.4 Å². The van der Waals surface area contributed by atoms with E-state index in [9.17, 15) is 22.0 Å². The number of ether oxygens (including phenoxy) is 1. The summed E-state index contributed by atoms with van der Waals surface area (Å²) in [5, 5.41) is 0. The zero-order chi connectivity index (χ0) is 20.8. The summed E-state index contributed by atoms with van der Waals surface area (Å²) in [6.07, 6.45) is -1.66. The van der Waals surface area contributed by atoms with E-state index in [4.69, 9.17) is 0 Å². The van der Waals surface area contributed by atoms with Gasteiger partial charge in [0.05, 0.1) is 23.8 Å². The van der Waals surface area contributed by atoms with E-state index in [0.717, 1.165) is 12.1 Å². The Balaban J connectivity index is 1.75. The number of hydrogen-bond donors (Lipinski definition) is 0. The number of anilines is 1. The minimum absolute atomic E-state index is 0.269. The lowest BCUT2D eigenvalue weighted by Gasteiger charge is -2.29. The van der Waals surface area contributed by atoms with Crippen molar-refractivity contribution in [2.75, 3.05) is 11.4 Å². The van der Waals surface area contributed by atoms with Gasteiger partial charge in [-0.15, -0.1) is 13.2 Å². The molecule has 3 aromatic rings. The van der Waals surface area contributed by atoms with E-state index in [2.05, 4.69) is 14.7 Å². The lowest BCUT2D eigenvalue weighted by Crippen LogP contribution is -2.29. The number of benzene rings is 2. The minimum atomic E-state index is -4.78. The largest absolute Gasteiger partial charge is 0.573 e. The molecule has 0 unspecified atom stereocenters. The quantitative estimate of drug-likeness (QED) is 0.581. The van der Waals surface area contributed by atoms with Crippen LogP contribution in [0.15, 0.2) is 47.6 Å². The summed E-state index contributed by atoms with van der Waals surface area (Å²) in [6.45, 7) is 1.99. The first kappa shape index (κ1) is 18.9. The second-order valence-corrected chi connectivity index (χ2v) is 6.22. The van der Waals surface area contributed by atoms with Crippen molar-refractivity contribution in [3.63, 3.8) is 0 Å². The third-order valence-corrected chi connectivity index (χ3v) is 4.31. The van der Waals surface area contributed by atoms with Crippen LogP contribution in [0.1, 0.15) is 5.82 Å². The fourth-order valence-corrected chi connectivity index (χ4v) is 3.14.